The summed E-state index contributed by atoms with van der Waals surface area (Å²) in [5.74, 6) is -0.0951. The van der Waals surface area contributed by atoms with Crippen molar-refractivity contribution >= 4 is 23.3 Å². The number of halogens is 2. The molecule has 6 rings (SSSR count). The van der Waals surface area contributed by atoms with Gasteiger partial charge in [0.15, 0.2) is 0 Å². The summed E-state index contributed by atoms with van der Waals surface area (Å²) >= 11 is 1.31. The molecule has 0 aliphatic carbocycles. The highest BCUT2D eigenvalue weighted by atomic mass is 32.1. The smallest absolute Gasteiger partial charge is 0.265 e. The fraction of sp³-hybridized carbons (Fsp3) is 0.361. The van der Waals surface area contributed by atoms with Gasteiger partial charge in [-0.05, 0) is 62.8 Å². The van der Waals surface area contributed by atoms with Crippen LogP contribution in [-0.2, 0) is 12.8 Å². The third kappa shape index (κ3) is 6.03. The van der Waals surface area contributed by atoms with Crippen molar-refractivity contribution in [2.24, 2.45) is 0 Å². The second-order valence-electron chi connectivity index (χ2n) is 12.2. The van der Waals surface area contributed by atoms with Crippen molar-refractivity contribution in [3.8, 4) is 27.5 Å². The number of fused-ring (bicyclic) bond motifs is 2. The van der Waals surface area contributed by atoms with Crippen LogP contribution in [0.25, 0.3) is 33.6 Å². The third-order valence-electron chi connectivity index (χ3n) is 8.78. The lowest BCUT2D eigenvalue weighted by molar-refractivity contribution is 0.0696. The quantitative estimate of drug-likeness (QED) is 0.217. The molecule has 2 aliphatic rings. The highest BCUT2D eigenvalue weighted by Crippen LogP contribution is 2.33. The average molecular weight is 629 g/mol. The van der Waals surface area contributed by atoms with Gasteiger partial charge in [-0.25, -0.2) is 13.8 Å². The van der Waals surface area contributed by atoms with Crippen molar-refractivity contribution in [1.82, 2.24) is 19.8 Å². The lowest BCUT2D eigenvalue weighted by atomic mass is 9.99. The molecule has 234 valence electrons. The number of para-hydroxylation sites is 1. The van der Waals surface area contributed by atoms with Crippen molar-refractivity contribution in [1.29, 1.82) is 0 Å². The first-order chi connectivity index (χ1) is 21.7. The van der Waals surface area contributed by atoms with E-state index in [4.69, 9.17) is 4.98 Å². The highest BCUT2D eigenvalue weighted by Gasteiger charge is 2.36. The van der Waals surface area contributed by atoms with Gasteiger partial charge in [0, 0.05) is 41.7 Å². The van der Waals surface area contributed by atoms with Crippen LogP contribution in [0.15, 0.2) is 64.3 Å². The van der Waals surface area contributed by atoms with Crippen molar-refractivity contribution in [2.45, 2.75) is 71.9 Å². The van der Waals surface area contributed by atoms with Crippen LogP contribution in [0.5, 0.6) is 0 Å². The maximum atomic E-state index is 14.7. The summed E-state index contributed by atoms with van der Waals surface area (Å²) < 4.78 is 28.1. The minimum atomic E-state index is -2.55. The maximum Gasteiger partial charge on any atom is 0.265 e. The molecule has 2 aromatic carbocycles. The van der Waals surface area contributed by atoms with E-state index in [1.54, 1.807) is 22.8 Å². The van der Waals surface area contributed by atoms with Crippen LogP contribution in [0.2, 0.25) is 0 Å². The second kappa shape index (κ2) is 12.8. The van der Waals surface area contributed by atoms with Gasteiger partial charge in [-0.3, -0.25) is 14.2 Å². The van der Waals surface area contributed by atoms with Crippen LogP contribution in [-0.4, -0.2) is 45.5 Å². The molecule has 45 heavy (non-hydrogen) atoms. The number of nitrogens with zero attached hydrogens (tertiary/aromatic N) is 3. The molecule has 2 aliphatic heterocycles. The summed E-state index contributed by atoms with van der Waals surface area (Å²) in [5.41, 5.74) is 6.19. The van der Waals surface area contributed by atoms with E-state index in [1.807, 2.05) is 48.4 Å². The van der Waals surface area contributed by atoms with Crippen LogP contribution < -0.4 is 10.9 Å². The van der Waals surface area contributed by atoms with E-state index in [0.29, 0.717) is 59.0 Å². The predicted molar refractivity (Wildman–Crippen MR) is 177 cm³/mol. The van der Waals surface area contributed by atoms with Gasteiger partial charge in [0.1, 0.15) is 5.01 Å². The Bertz CT molecular complexity index is 1790. The predicted octanol–water partition coefficient (Wildman–Crippen LogP) is 7.69. The minimum Gasteiger partial charge on any atom is -0.335 e. The Labute approximate surface area is 266 Å². The number of aryl methyl sites for hydroxylation is 2. The fourth-order valence-electron chi connectivity index (χ4n) is 6.56. The summed E-state index contributed by atoms with van der Waals surface area (Å²) in [6.45, 7) is 9.34. The summed E-state index contributed by atoms with van der Waals surface area (Å²) in [6, 6.07) is 14.4. The Morgan fingerprint density at radius 2 is 1.69 bits per heavy atom. The fourth-order valence-corrected chi connectivity index (χ4v) is 7.39. The number of piperazine rings is 1. The van der Waals surface area contributed by atoms with Gasteiger partial charge in [0.2, 0.25) is 0 Å². The molecule has 0 saturated carbocycles. The van der Waals surface area contributed by atoms with Gasteiger partial charge in [-0.2, -0.15) is 0 Å². The number of carbonyl (C=O) groups is 1. The number of hydrogen-bond acceptors (Lipinski definition) is 5. The zero-order chi connectivity index (χ0) is 31.8. The Hall–Kier alpha value is -3.95. The topological polar surface area (TPSA) is 67.2 Å². The molecule has 2 bridgehead atoms. The van der Waals surface area contributed by atoms with Crippen molar-refractivity contribution in [3.63, 3.8) is 0 Å². The van der Waals surface area contributed by atoms with E-state index in [2.05, 4.69) is 19.2 Å². The monoisotopic (exact) mass is 628 g/mol. The number of thiazole rings is 1. The number of allylic oxidation sites excluding steroid dienone is 1. The van der Waals surface area contributed by atoms with E-state index in [1.165, 1.54) is 23.5 Å². The minimum absolute atomic E-state index is 0.0576. The molecule has 2 fully saturated rings. The Morgan fingerprint density at radius 1 is 1.04 bits per heavy atom. The maximum absolute atomic E-state index is 14.7. The first kappa shape index (κ1) is 31.0. The lowest BCUT2D eigenvalue weighted by Crippen LogP contribution is -2.53. The van der Waals surface area contributed by atoms with Crippen LogP contribution >= 0.6 is 11.3 Å². The Morgan fingerprint density at radius 3 is 2.27 bits per heavy atom. The van der Waals surface area contributed by atoms with Gasteiger partial charge in [-0.1, -0.05) is 61.9 Å². The molecular formula is C36H38F2N4O2S. The summed E-state index contributed by atoms with van der Waals surface area (Å²) in [4.78, 5) is 36.0. The molecule has 9 heteroatoms. The Kier molecular flexibility index (Phi) is 8.84. The molecule has 4 heterocycles. The van der Waals surface area contributed by atoms with Gasteiger partial charge in [-0.15, -0.1) is 11.3 Å². The summed E-state index contributed by atoms with van der Waals surface area (Å²) in [5, 5.41) is 5.91. The third-order valence-corrected chi connectivity index (χ3v) is 9.66. The number of alkyl halides is 2. The number of amides is 1. The van der Waals surface area contributed by atoms with E-state index < -0.39 is 6.43 Å². The zero-order valence-electron chi connectivity index (χ0n) is 26.1. The first-order valence-electron chi connectivity index (χ1n) is 15.6. The number of likely N-dealkylation sites (tertiary alicyclic amines) is 1. The average Bonchev–Trinajstić information content (AvgIpc) is 3.66. The lowest BCUT2D eigenvalue weighted by Gasteiger charge is -2.33. The largest absolute Gasteiger partial charge is 0.335 e. The summed E-state index contributed by atoms with van der Waals surface area (Å²) in [7, 11) is 0. The molecule has 2 saturated heterocycles. The molecule has 6 nitrogen and oxygen atoms in total. The number of hydrogen-bond donors (Lipinski definition) is 1. The van der Waals surface area contributed by atoms with Crippen molar-refractivity contribution in [2.75, 3.05) is 13.1 Å². The number of benzene rings is 2. The van der Waals surface area contributed by atoms with E-state index in [9.17, 15) is 18.4 Å². The second-order valence-corrected chi connectivity index (χ2v) is 13.0. The zero-order valence-corrected chi connectivity index (χ0v) is 26.9. The molecule has 0 spiro atoms. The standard InChI is InChI=1S/C36H38F2N4O2S/c1-5-22-8-7-9-23(6-2)32(22)42-31(16-21(3)4)28(35(43)41-18-26-14-15-27(19-41)39-26)17-29(36(42)44)34-40-30(20-45-34)24-10-12-25(13-11-24)33(37)38/h7-13,16-17,20,26-27,33,39H,5-6,14-15,18-19H2,1-4H3/t26-,27+. The van der Waals surface area contributed by atoms with E-state index >= 15 is 0 Å². The van der Waals surface area contributed by atoms with E-state index in [-0.39, 0.29) is 29.1 Å². The van der Waals surface area contributed by atoms with Gasteiger partial charge < -0.3 is 10.2 Å². The van der Waals surface area contributed by atoms with Gasteiger partial charge in [0.25, 0.3) is 17.9 Å². The molecule has 0 radical (unpaired) electrons. The number of aromatic nitrogens is 2. The number of carbonyl (C=O) groups excluding carboxylic acids is 1. The van der Waals surface area contributed by atoms with Crippen LogP contribution in [0.3, 0.4) is 0 Å². The normalized spacial score (nSPS) is 17.6. The molecule has 1 N–H and O–H groups in total. The van der Waals surface area contributed by atoms with Crippen LogP contribution in [0.4, 0.5) is 8.78 Å². The SMILES string of the molecule is CCc1cccc(CC)c1-n1c(C=C(C)C)c(C(=O)N2C[C@H]3CC[C@@H](C2)N3)cc(-c2nc(-c3ccc(C(F)F)cc3)cs2)c1=O. The number of rotatable bonds is 8. The molecular weight excluding hydrogens is 590 g/mol. The molecule has 2 atom stereocenters. The molecule has 4 aromatic rings. The molecule has 2 aromatic heterocycles. The Balaban J connectivity index is 1.58. The molecule has 1 amide bonds. The van der Waals surface area contributed by atoms with Gasteiger partial charge in [0.05, 0.1) is 28.2 Å². The van der Waals surface area contributed by atoms with Gasteiger partial charge >= 0.3 is 0 Å². The van der Waals surface area contributed by atoms with Crippen LogP contribution in [0.1, 0.15) is 79.7 Å². The number of nitrogens with one attached hydrogen (secondary N) is 1. The van der Waals surface area contributed by atoms with E-state index in [0.717, 1.165) is 35.2 Å². The van der Waals surface area contributed by atoms with Crippen molar-refractivity contribution < 1.29 is 13.6 Å². The summed E-state index contributed by atoms with van der Waals surface area (Å²) in [6.07, 6.45) is 2.92. The first-order valence-corrected chi connectivity index (χ1v) is 16.5. The van der Waals surface area contributed by atoms with Crippen molar-refractivity contribution in [3.05, 3.63) is 97.8 Å². The molecule has 0 unspecified atom stereocenters. The van der Waals surface area contributed by atoms with Crippen LogP contribution in [0, 0.1) is 0 Å². The number of pyridine rings is 1. The highest BCUT2D eigenvalue weighted by molar-refractivity contribution is 7.13.